The van der Waals surface area contributed by atoms with E-state index in [1.807, 2.05) is 54.6 Å². The fourth-order valence-electron chi connectivity index (χ4n) is 3.20. The Kier molecular flexibility index (Phi) is 6.27. The van der Waals surface area contributed by atoms with E-state index in [4.69, 9.17) is 15.9 Å². The SMILES string of the molecule is N=C(c1cc(NC(=O)Cc2ccc(OCc3ccccc3)cc2)ccc1N)n1ccnc1. The number of hydrogen-bond donors (Lipinski definition) is 3. The van der Waals surface area contributed by atoms with E-state index >= 15 is 0 Å². The molecule has 4 N–H and O–H groups in total. The van der Waals surface area contributed by atoms with E-state index in [1.54, 1.807) is 35.2 Å². The highest BCUT2D eigenvalue weighted by atomic mass is 16.5. The first kappa shape index (κ1) is 20.9. The lowest BCUT2D eigenvalue weighted by atomic mass is 10.1. The van der Waals surface area contributed by atoms with Crippen molar-refractivity contribution in [3.8, 4) is 5.75 Å². The Balaban J connectivity index is 1.35. The monoisotopic (exact) mass is 425 g/mol. The number of hydrogen-bond acceptors (Lipinski definition) is 5. The highest BCUT2D eigenvalue weighted by Gasteiger charge is 2.11. The maximum Gasteiger partial charge on any atom is 0.228 e. The summed E-state index contributed by atoms with van der Waals surface area (Å²) in [5, 5.41) is 11.2. The topological polar surface area (TPSA) is 106 Å². The standard InChI is InChI=1S/C25H23N5O2/c26-23-11-8-20(15-22(23)25(27)30-13-12-28-17-30)29-24(31)14-18-6-9-21(10-7-18)32-16-19-4-2-1-3-5-19/h1-13,15,17,27H,14,16,26H2,(H,29,31). The van der Waals surface area contributed by atoms with Crippen LogP contribution in [0.3, 0.4) is 0 Å². The lowest BCUT2D eigenvalue weighted by Crippen LogP contribution is -2.16. The predicted octanol–water partition coefficient (Wildman–Crippen LogP) is 4.10. The first-order chi connectivity index (χ1) is 15.6. The smallest absolute Gasteiger partial charge is 0.228 e. The van der Waals surface area contributed by atoms with E-state index in [1.165, 1.54) is 6.33 Å². The van der Waals surface area contributed by atoms with Gasteiger partial charge in [-0.2, -0.15) is 0 Å². The van der Waals surface area contributed by atoms with Crippen molar-refractivity contribution in [1.82, 2.24) is 9.55 Å². The number of nitrogens with zero attached hydrogens (tertiary/aromatic N) is 2. The zero-order chi connectivity index (χ0) is 22.3. The Bertz CT molecular complexity index is 1200. The Labute approximate surface area is 186 Å². The third-order valence-electron chi connectivity index (χ3n) is 4.89. The van der Waals surface area contributed by atoms with Crippen LogP contribution >= 0.6 is 0 Å². The van der Waals surface area contributed by atoms with Crippen molar-refractivity contribution in [3.05, 3.63) is 108 Å². The van der Waals surface area contributed by atoms with Gasteiger partial charge < -0.3 is 15.8 Å². The van der Waals surface area contributed by atoms with Crippen molar-refractivity contribution < 1.29 is 9.53 Å². The van der Waals surface area contributed by atoms with Gasteiger partial charge >= 0.3 is 0 Å². The first-order valence-electron chi connectivity index (χ1n) is 10.1. The Morgan fingerprint density at radius 2 is 1.81 bits per heavy atom. The minimum Gasteiger partial charge on any atom is -0.489 e. The molecule has 1 aromatic heterocycles. The number of carbonyl (C=O) groups excluding carboxylic acids is 1. The second kappa shape index (κ2) is 9.61. The molecule has 0 bridgehead atoms. The van der Waals surface area contributed by atoms with E-state index in [-0.39, 0.29) is 18.2 Å². The molecule has 0 radical (unpaired) electrons. The number of nitrogens with two attached hydrogens (primary N) is 1. The van der Waals surface area contributed by atoms with Crippen LogP contribution < -0.4 is 15.8 Å². The number of imidazole rings is 1. The zero-order valence-electron chi connectivity index (χ0n) is 17.4. The molecule has 0 aliphatic heterocycles. The number of nitrogen functional groups attached to an aromatic ring is 1. The summed E-state index contributed by atoms with van der Waals surface area (Å²) < 4.78 is 7.34. The summed E-state index contributed by atoms with van der Waals surface area (Å²) in [6.45, 7) is 0.494. The number of aromatic nitrogens is 2. The molecule has 1 amide bonds. The molecule has 32 heavy (non-hydrogen) atoms. The fourth-order valence-corrected chi connectivity index (χ4v) is 3.20. The number of rotatable bonds is 7. The number of anilines is 2. The van der Waals surface area contributed by atoms with Gasteiger partial charge in [-0.15, -0.1) is 0 Å². The van der Waals surface area contributed by atoms with Gasteiger partial charge in [0.15, 0.2) is 0 Å². The molecular weight excluding hydrogens is 402 g/mol. The summed E-state index contributed by atoms with van der Waals surface area (Å²) in [5.74, 6) is 0.772. The largest absolute Gasteiger partial charge is 0.489 e. The van der Waals surface area contributed by atoms with Crippen molar-refractivity contribution in [2.24, 2.45) is 0 Å². The quantitative estimate of drug-likeness (QED) is 0.235. The summed E-state index contributed by atoms with van der Waals surface area (Å²) in [7, 11) is 0. The van der Waals surface area contributed by atoms with Gasteiger partial charge in [-0.25, -0.2) is 4.98 Å². The minimum atomic E-state index is -0.159. The molecule has 160 valence electrons. The average Bonchev–Trinajstić information content (AvgIpc) is 3.35. The molecule has 7 nitrogen and oxygen atoms in total. The van der Waals surface area contributed by atoms with Gasteiger partial charge in [-0.3, -0.25) is 14.8 Å². The van der Waals surface area contributed by atoms with E-state index in [2.05, 4.69) is 10.3 Å². The normalized spacial score (nSPS) is 10.5. The van der Waals surface area contributed by atoms with Crippen molar-refractivity contribution in [2.75, 3.05) is 11.1 Å². The molecule has 4 rings (SSSR count). The van der Waals surface area contributed by atoms with Crippen LogP contribution in [-0.4, -0.2) is 21.3 Å². The van der Waals surface area contributed by atoms with Crippen LogP contribution in [0.15, 0.2) is 91.5 Å². The Morgan fingerprint density at radius 3 is 2.53 bits per heavy atom. The molecule has 1 heterocycles. The molecule has 7 heteroatoms. The van der Waals surface area contributed by atoms with Crippen LogP contribution in [-0.2, 0) is 17.8 Å². The van der Waals surface area contributed by atoms with Crippen LogP contribution in [0.1, 0.15) is 16.7 Å². The van der Waals surface area contributed by atoms with Crippen molar-refractivity contribution >= 4 is 23.1 Å². The number of amides is 1. The molecule has 0 saturated heterocycles. The van der Waals surface area contributed by atoms with Crippen LogP contribution in [0.25, 0.3) is 0 Å². The summed E-state index contributed by atoms with van der Waals surface area (Å²) in [4.78, 5) is 16.5. The predicted molar refractivity (Wildman–Crippen MR) is 125 cm³/mol. The second-order valence-electron chi connectivity index (χ2n) is 7.26. The molecule has 0 spiro atoms. The molecule has 0 saturated carbocycles. The van der Waals surface area contributed by atoms with Crippen molar-refractivity contribution in [3.63, 3.8) is 0 Å². The maximum atomic E-state index is 12.5. The Morgan fingerprint density at radius 1 is 1.03 bits per heavy atom. The number of nitrogens with one attached hydrogen (secondary N) is 2. The minimum absolute atomic E-state index is 0.159. The second-order valence-corrected chi connectivity index (χ2v) is 7.26. The summed E-state index contributed by atoms with van der Waals surface area (Å²) >= 11 is 0. The molecule has 0 aliphatic carbocycles. The molecule has 3 aromatic carbocycles. The number of carbonyl (C=O) groups is 1. The highest BCUT2D eigenvalue weighted by Crippen LogP contribution is 2.20. The van der Waals surface area contributed by atoms with Gasteiger partial charge in [0.05, 0.1) is 6.42 Å². The molecular formula is C25H23N5O2. The van der Waals surface area contributed by atoms with Crippen molar-refractivity contribution in [1.29, 1.82) is 5.41 Å². The van der Waals surface area contributed by atoms with Crippen molar-refractivity contribution in [2.45, 2.75) is 13.0 Å². The Hall–Kier alpha value is -4.39. The van der Waals surface area contributed by atoms with Gasteiger partial charge in [-0.1, -0.05) is 42.5 Å². The van der Waals surface area contributed by atoms with E-state index < -0.39 is 0 Å². The third kappa shape index (κ3) is 5.20. The molecule has 0 atom stereocenters. The lowest BCUT2D eigenvalue weighted by molar-refractivity contribution is -0.115. The molecule has 0 aliphatic rings. The van der Waals surface area contributed by atoms with E-state index in [0.717, 1.165) is 16.9 Å². The van der Waals surface area contributed by atoms with Gasteiger partial charge in [0.25, 0.3) is 0 Å². The zero-order valence-corrected chi connectivity index (χ0v) is 17.4. The van der Waals surface area contributed by atoms with E-state index in [0.29, 0.717) is 23.5 Å². The summed E-state index contributed by atoms with van der Waals surface area (Å²) in [6, 6.07) is 22.5. The van der Waals surface area contributed by atoms with Gasteiger partial charge in [0, 0.05) is 29.3 Å². The van der Waals surface area contributed by atoms with Gasteiger partial charge in [0.1, 0.15) is 24.5 Å². The first-order valence-corrected chi connectivity index (χ1v) is 10.1. The average molecular weight is 425 g/mol. The number of ether oxygens (including phenoxy) is 1. The third-order valence-corrected chi connectivity index (χ3v) is 4.89. The van der Waals surface area contributed by atoms with Gasteiger partial charge in [0.2, 0.25) is 5.91 Å². The van der Waals surface area contributed by atoms with Crippen LogP contribution in [0.4, 0.5) is 11.4 Å². The summed E-state index contributed by atoms with van der Waals surface area (Å²) in [5.41, 5.74) is 9.54. The molecule has 4 aromatic rings. The maximum absolute atomic E-state index is 12.5. The summed E-state index contributed by atoms with van der Waals surface area (Å²) in [6.07, 6.45) is 5.01. The molecule has 0 fully saturated rings. The van der Waals surface area contributed by atoms with E-state index in [9.17, 15) is 4.79 Å². The van der Waals surface area contributed by atoms with Crippen LogP contribution in [0.2, 0.25) is 0 Å². The lowest BCUT2D eigenvalue weighted by Gasteiger charge is -2.12. The van der Waals surface area contributed by atoms with Crippen LogP contribution in [0.5, 0.6) is 5.75 Å². The highest BCUT2D eigenvalue weighted by molar-refractivity contribution is 6.04. The van der Waals surface area contributed by atoms with Crippen LogP contribution in [0, 0.1) is 5.41 Å². The molecule has 0 unspecified atom stereocenters. The number of benzene rings is 3. The fraction of sp³-hybridized carbons (Fsp3) is 0.0800. The van der Waals surface area contributed by atoms with Gasteiger partial charge in [-0.05, 0) is 41.5 Å².